The number of ether oxygens (including phenoxy) is 1. The Morgan fingerprint density at radius 3 is 2.82 bits per heavy atom. The normalized spacial score (nSPS) is 20.5. The van der Waals surface area contributed by atoms with Gasteiger partial charge in [-0.05, 0) is 49.1 Å². The minimum Gasteiger partial charge on any atom is -0.493 e. The molecule has 1 aromatic carbocycles. The van der Waals surface area contributed by atoms with Crippen LogP contribution in [0, 0.1) is 12.8 Å². The molecule has 2 aliphatic heterocycles. The molecule has 5 rings (SSSR count). The molecular weight excluding hydrogens is 496 g/mol. The molecule has 3 aromatic rings. The van der Waals surface area contributed by atoms with Gasteiger partial charge < -0.3 is 19.2 Å². The Balaban J connectivity index is 1.43. The summed E-state index contributed by atoms with van der Waals surface area (Å²) >= 11 is 0. The summed E-state index contributed by atoms with van der Waals surface area (Å²) in [7, 11) is 0. The number of oxazole rings is 1. The average Bonchev–Trinajstić information content (AvgIpc) is 3.66. The summed E-state index contributed by atoms with van der Waals surface area (Å²) in [5.41, 5.74) is 2.85. The van der Waals surface area contributed by atoms with Gasteiger partial charge in [0.1, 0.15) is 11.5 Å². The van der Waals surface area contributed by atoms with Crippen LogP contribution in [-0.2, 0) is 22.4 Å². The Bertz CT molecular complexity index is 1290. The van der Waals surface area contributed by atoms with Crippen LogP contribution in [0.3, 0.4) is 0 Å². The van der Waals surface area contributed by atoms with Crippen molar-refractivity contribution in [1.82, 2.24) is 14.9 Å². The van der Waals surface area contributed by atoms with Crippen molar-refractivity contribution >= 4 is 17.6 Å². The lowest BCUT2D eigenvalue weighted by atomic mass is 9.83. The van der Waals surface area contributed by atoms with E-state index in [1.54, 1.807) is 23.5 Å². The number of carboxylic acids is 1. The van der Waals surface area contributed by atoms with Crippen LogP contribution < -0.4 is 9.64 Å². The summed E-state index contributed by atoms with van der Waals surface area (Å²) < 4.78 is 11.4. The molecule has 0 spiro atoms. The van der Waals surface area contributed by atoms with Gasteiger partial charge in [0.25, 0.3) is 0 Å². The number of pyridine rings is 1. The number of unbranched alkanes of at least 4 members (excludes halogenated alkanes) is 1. The van der Waals surface area contributed by atoms with Crippen LogP contribution in [0.15, 0.2) is 53.3 Å². The van der Waals surface area contributed by atoms with Crippen LogP contribution in [0.2, 0.25) is 0 Å². The first-order chi connectivity index (χ1) is 18.9. The third-order valence-electron chi connectivity index (χ3n) is 7.83. The van der Waals surface area contributed by atoms with Crippen molar-refractivity contribution in [3.8, 4) is 5.75 Å². The van der Waals surface area contributed by atoms with Crippen LogP contribution in [0.4, 0.5) is 5.69 Å². The molecule has 3 atom stereocenters. The number of carboxylic acid groups (broad SMARTS) is 1. The number of hydrogen-bond acceptors (Lipinski definition) is 7. The van der Waals surface area contributed by atoms with Crippen LogP contribution >= 0.6 is 0 Å². The summed E-state index contributed by atoms with van der Waals surface area (Å²) in [6, 6.07) is 9.38. The number of carbonyl (C=O) groups excluding carboxylic acids is 1. The minimum atomic E-state index is -0.851. The third kappa shape index (κ3) is 5.98. The fourth-order valence-corrected chi connectivity index (χ4v) is 5.90. The molecule has 4 heterocycles. The number of rotatable bonds is 11. The van der Waals surface area contributed by atoms with Crippen molar-refractivity contribution in [1.29, 1.82) is 0 Å². The van der Waals surface area contributed by atoms with E-state index in [2.05, 4.69) is 27.9 Å². The Morgan fingerprint density at radius 2 is 2.10 bits per heavy atom. The second-order valence-corrected chi connectivity index (χ2v) is 10.4. The molecule has 206 valence electrons. The van der Waals surface area contributed by atoms with Crippen molar-refractivity contribution in [3.05, 3.63) is 71.7 Å². The van der Waals surface area contributed by atoms with Crippen LogP contribution in [0.5, 0.6) is 5.75 Å². The molecular formula is C30H36N4O5. The van der Waals surface area contributed by atoms with Crippen molar-refractivity contribution < 1.29 is 23.8 Å². The zero-order valence-corrected chi connectivity index (χ0v) is 22.6. The first-order valence-corrected chi connectivity index (χ1v) is 13.8. The van der Waals surface area contributed by atoms with E-state index in [0.29, 0.717) is 38.4 Å². The van der Waals surface area contributed by atoms with Gasteiger partial charge in [-0.25, -0.2) is 4.98 Å². The van der Waals surface area contributed by atoms with Crippen molar-refractivity contribution in [2.24, 2.45) is 5.92 Å². The van der Waals surface area contributed by atoms with Crippen LogP contribution in [0.1, 0.15) is 54.9 Å². The summed E-state index contributed by atoms with van der Waals surface area (Å²) in [6.07, 6.45) is 8.74. The molecule has 39 heavy (non-hydrogen) atoms. The topological polar surface area (TPSA) is 109 Å². The summed E-state index contributed by atoms with van der Waals surface area (Å²) in [5.74, 6) is 0.350. The Kier molecular flexibility index (Phi) is 8.26. The lowest BCUT2D eigenvalue weighted by Gasteiger charge is -2.29. The van der Waals surface area contributed by atoms with Gasteiger partial charge in [-0.15, -0.1) is 0 Å². The number of likely N-dealkylation sites (tertiary alicyclic amines) is 1. The number of nitrogens with zero attached hydrogens (tertiary/aromatic N) is 4. The number of aliphatic carboxylic acids is 1. The standard InChI is InChI=1S/C30H36N4O5/c1-3-4-13-34(23-6-5-12-31-17-23)28(35)19-33-18-24(21-7-9-26-22(15-21)11-14-38-26)29(30(36)37)25(33)8-10-27-32-16-20(2)39-27/h5-7,9,12,15-17,24-25,29H,3-4,8,10-11,13-14,18-19H2,1-2H3,(H,36,37). The van der Waals surface area contributed by atoms with Crippen LogP contribution in [0.25, 0.3) is 0 Å². The van der Waals surface area contributed by atoms with E-state index in [9.17, 15) is 14.7 Å². The quantitative estimate of drug-likeness (QED) is 0.391. The van der Waals surface area contributed by atoms with Gasteiger partial charge in [-0.1, -0.05) is 25.5 Å². The fraction of sp³-hybridized carbons (Fsp3) is 0.467. The van der Waals surface area contributed by atoms with Gasteiger partial charge >= 0.3 is 5.97 Å². The number of fused-ring (bicyclic) bond motifs is 1. The summed E-state index contributed by atoms with van der Waals surface area (Å²) in [5, 5.41) is 10.5. The SMILES string of the molecule is CCCCN(C(=O)CN1CC(c2ccc3c(c2)CCO3)C(C(=O)O)C1CCc1ncc(C)o1)c1cccnc1. The van der Waals surface area contributed by atoms with Crippen molar-refractivity contribution in [2.75, 3.05) is 31.1 Å². The van der Waals surface area contributed by atoms with E-state index < -0.39 is 11.9 Å². The van der Waals surface area contributed by atoms with Crippen molar-refractivity contribution in [2.45, 2.75) is 57.9 Å². The van der Waals surface area contributed by atoms with E-state index in [0.717, 1.165) is 47.6 Å². The highest BCUT2D eigenvalue weighted by atomic mass is 16.5. The molecule has 1 N–H and O–H groups in total. The maximum Gasteiger partial charge on any atom is 0.308 e. The molecule has 0 saturated carbocycles. The molecule has 3 unspecified atom stereocenters. The predicted molar refractivity (Wildman–Crippen MR) is 146 cm³/mol. The van der Waals surface area contributed by atoms with E-state index >= 15 is 0 Å². The molecule has 1 fully saturated rings. The summed E-state index contributed by atoms with van der Waals surface area (Å²) in [6.45, 7) is 5.78. The average molecular weight is 533 g/mol. The van der Waals surface area contributed by atoms with Gasteiger partial charge in [0.2, 0.25) is 5.91 Å². The molecule has 1 saturated heterocycles. The number of anilines is 1. The maximum atomic E-state index is 13.8. The largest absolute Gasteiger partial charge is 0.493 e. The second kappa shape index (κ2) is 12.0. The van der Waals surface area contributed by atoms with E-state index in [1.807, 2.05) is 31.2 Å². The smallest absolute Gasteiger partial charge is 0.308 e. The number of carbonyl (C=O) groups is 2. The second-order valence-electron chi connectivity index (χ2n) is 10.4. The van der Waals surface area contributed by atoms with Gasteiger partial charge in [-0.3, -0.25) is 19.5 Å². The Labute approximate surface area is 228 Å². The molecule has 0 aliphatic carbocycles. The zero-order chi connectivity index (χ0) is 27.4. The van der Waals surface area contributed by atoms with E-state index in [1.165, 1.54) is 0 Å². The van der Waals surface area contributed by atoms with Gasteiger partial charge in [0, 0.05) is 44.1 Å². The number of benzene rings is 1. The number of hydrogen-bond donors (Lipinski definition) is 1. The number of aromatic nitrogens is 2. The summed E-state index contributed by atoms with van der Waals surface area (Å²) in [4.78, 5) is 38.9. The molecule has 2 aliphatic rings. The van der Waals surface area contributed by atoms with E-state index in [-0.39, 0.29) is 24.4 Å². The molecule has 2 aromatic heterocycles. The minimum absolute atomic E-state index is 0.0550. The highest BCUT2D eigenvalue weighted by Crippen LogP contribution is 2.41. The van der Waals surface area contributed by atoms with Crippen LogP contribution in [-0.4, -0.2) is 64.1 Å². The monoisotopic (exact) mass is 532 g/mol. The molecule has 0 bridgehead atoms. The molecule has 1 amide bonds. The first kappa shape index (κ1) is 26.9. The van der Waals surface area contributed by atoms with Gasteiger partial charge in [-0.2, -0.15) is 0 Å². The predicted octanol–water partition coefficient (Wildman–Crippen LogP) is 4.25. The lowest BCUT2D eigenvalue weighted by molar-refractivity contribution is -0.143. The number of amides is 1. The molecule has 9 nitrogen and oxygen atoms in total. The highest BCUT2D eigenvalue weighted by molar-refractivity contribution is 5.94. The zero-order valence-electron chi connectivity index (χ0n) is 22.6. The van der Waals surface area contributed by atoms with Gasteiger partial charge in [0.05, 0.1) is 37.2 Å². The van der Waals surface area contributed by atoms with Gasteiger partial charge in [0.15, 0.2) is 5.89 Å². The Morgan fingerprint density at radius 1 is 1.23 bits per heavy atom. The Hall–Kier alpha value is -3.72. The maximum absolute atomic E-state index is 13.8. The molecule has 0 radical (unpaired) electrons. The first-order valence-electron chi connectivity index (χ1n) is 13.8. The lowest BCUT2D eigenvalue weighted by Crippen LogP contribution is -2.44. The van der Waals surface area contributed by atoms with Crippen molar-refractivity contribution in [3.63, 3.8) is 0 Å². The van der Waals surface area contributed by atoms with E-state index in [4.69, 9.17) is 9.15 Å². The third-order valence-corrected chi connectivity index (χ3v) is 7.83. The fourth-order valence-electron chi connectivity index (χ4n) is 5.90. The number of aryl methyl sites for hydroxylation is 2. The molecule has 9 heteroatoms. The highest BCUT2D eigenvalue weighted by Gasteiger charge is 2.47.